The zero-order chi connectivity index (χ0) is 13.5. The van der Waals surface area contributed by atoms with E-state index in [0.717, 1.165) is 12.8 Å². The molecule has 0 amide bonds. The molecule has 1 aromatic carbocycles. The Balaban J connectivity index is 3.21. The molecule has 1 rings (SSSR count). The van der Waals surface area contributed by atoms with Crippen LogP contribution in [0.3, 0.4) is 0 Å². The first-order valence-electron chi connectivity index (χ1n) is 5.92. The van der Waals surface area contributed by atoms with E-state index in [1.54, 1.807) is 12.1 Å². The van der Waals surface area contributed by atoms with Crippen LogP contribution in [-0.2, 0) is 0 Å². The van der Waals surface area contributed by atoms with Crippen molar-refractivity contribution in [2.75, 3.05) is 14.2 Å². The molecule has 4 nitrogen and oxygen atoms in total. The first-order valence-corrected chi connectivity index (χ1v) is 5.92. The lowest BCUT2D eigenvalue weighted by molar-refractivity contribution is 0.0972. The van der Waals surface area contributed by atoms with Gasteiger partial charge in [-0.1, -0.05) is 13.3 Å². The molecule has 1 aromatic rings. The highest BCUT2D eigenvalue weighted by Gasteiger charge is 2.17. The topological polar surface area (TPSA) is 52.6 Å². The number of rotatable bonds is 7. The molecule has 18 heavy (non-hydrogen) atoms. The average Bonchev–Trinajstić information content (AvgIpc) is 2.42. The molecule has 0 aliphatic heterocycles. The zero-order valence-electron chi connectivity index (χ0n) is 11.0. The molecular weight excluding hydrogens is 232 g/mol. The third-order valence-corrected chi connectivity index (χ3v) is 2.75. The van der Waals surface area contributed by atoms with E-state index in [4.69, 9.17) is 9.47 Å². The Morgan fingerprint density at radius 3 is 2.50 bits per heavy atom. The number of unbranched alkanes of at least 4 members (excludes halogenated alkanes) is 1. The third kappa shape index (κ3) is 3.09. The maximum atomic E-state index is 12.0. The van der Waals surface area contributed by atoms with Crippen LogP contribution < -0.4 is 9.47 Å². The van der Waals surface area contributed by atoms with Gasteiger partial charge in [-0.2, -0.15) is 0 Å². The molecule has 0 fully saturated rings. The van der Waals surface area contributed by atoms with Gasteiger partial charge in [0.05, 0.1) is 19.8 Å². The summed E-state index contributed by atoms with van der Waals surface area (Å²) in [5, 5.41) is 0. The number of Topliss-reactive ketones (excluding diaryl/α,β-unsaturated/α-hetero) is 1. The molecule has 0 atom stereocenters. The summed E-state index contributed by atoms with van der Waals surface area (Å²) >= 11 is 0. The summed E-state index contributed by atoms with van der Waals surface area (Å²) < 4.78 is 10.2. The number of ether oxygens (including phenoxy) is 2. The summed E-state index contributed by atoms with van der Waals surface area (Å²) in [4.78, 5) is 23.2. The van der Waals surface area contributed by atoms with Crippen molar-refractivity contribution >= 4 is 12.1 Å². The molecule has 4 heteroatoms. The van der Waals surface area contributed by atoms with Gasteiger partial charge in [0.15, 0.2) is 12.1 Å². The van der Waals surface area contributed by atoms with Gasteiger partial charge in [0, 0.05) is 18.1 Å². The van der Waals surface area contributed by atoms with Gasteiger partial charge in [-0.25, -0.2) is 0 Å². The molecule has 0 saturated carbocycles. The lowest BCUT2D eigenvalue weighted by Gasteiger charge is -2.11. The van der Waals surface area contributed by atoms with Crippen molar-refractivity contribution in [2.24, 2.45) is 0 Å². The van der Waals surface area contributed by atoms with E-state index in [0.29, 0.717) is 35.3 Å². The van der Waals surface area contributed by atoms with Gasteiger partial charge in [-0.3, -0.25) is 9.59 Å². The quantitative estimate of drug-likeness (QED) is 0.551. The molecule has 0 bridgehead atoms. The van der Waals surface area contributed by atoms with Crippen LogP contribution in [0.25, 0.3) is 0 Å². The second-order valence-corrected chi connectivity index (χ2v) is 3.94. The summed E-state index contributed by atoms with van der Waals surface area (Å²) in [6.07, 6.45) is 2.81. The fourth-order valence-electron chi connectivity index (χ4n) is 1.71. The van der Waals surface area contributed by atoms with Crippen LogP contribution in [0.5, 0.6) is 11.5 Å². The van der Waals surface area contributed by atoms with Crippen LogP contribution in [-0.4, -0.2) is 26.3 Å². The Kier molecular flexibility index (Phi) is 5.36. The largest absolute Gasteiger partial charge is 0.497 e. The van der Waals surface area contributed by atoms with Crippen molar-refractivity contribution in [3.05, 3.63) is 23.3 Å². The van der Waals surface area contributed by atoms with Gasteiger partial charge in [0.2, 0.25) is 0 Å². The molecule has 98 valence electrons. The van der Waals surface area contributed by atoms with Crippen LogP contribution in [0.2, 0.25) is 0 Å². The first-order chi connectivity index (χ1) is 8.67. The van der Waals surface area contributed by atoms with Crippen molar-refractivity contribution in [1.82, 2.24) is 0 Å². The predicted molar refractivity (Wildman–Crippen MR) is 68.8 cm³/mol. The van der Waals surface area contributed by atoms with Gasteiger partial charge in [0.25, 0.3) is 0 Å². The Hall–Kier alpha value is -1.84. The molecule has 0 aliphatic rings. The highest BCUT2D eigenvalue weighted by molar-refractivity contribution is 6.04. The second-order valence-electron chi connectivity index (χ2n) is 3.94. The molecular formula is C14H18O4. The average molecular weight is 250 g/mol. The van der Waals surface area contributed by atoms with Crippen LogP contribution in [0, 0.1) is 0 Å². The normalized spacial score (nSPS) is 9.94. The monoisotopic (exact) mass is 250 g/mol. The SMILES string of the molecule is CCCCC(=O)c1cc(OC)cc(OC)c1C=O. The standard InChI is InChI=1S/C14H18O4/c1-4-5-6-13(16)11-7-10(17-2)8-14(18-3)12(11)9-15/h7-9H,4-6H2,1-3H3. The highest BCUT2D eigenvalue weighted by Crippen LogP contribution is 2.28. The van der Waals surface area contributed by atoms with E-state index in [1.165, 1.54) is 14.2 Å². The Labute approximate surface area is 107 Å². The van der Waals surface area contributed by atoms with Crippen molar-refractivity contribution < 1.29 is 19.1 Å². The van der Waals surface area contributed by atoms with Gasteiger partial charge < -0.3 is 9.47 Å². The van der Waals surface area contributed by atoms with Crippen molar-refractivity contribution in [3.8, 4) is 11.5 Å². The van der Waals surface area contributed by atoms with E-state index in [1.807, 2.05) is 6.92 Å². The molecule has 0 heterocycles. The van der Waals surface area contributed by atoms with E-state index in [2.05, 4.69) is 0 Å². The molecule has 0 N–H and O–H groups in total. The maximum absolute atomic E-state index is 12.0. The molecule has 0 saturated heterocycles. The molecule has 0 spiro atoms. The molecule has 0 aromatic heterocycles. The number of carbonyl (C=O) groups is 2. The van der Waals surface area contributed by atoms with E-state index in [9.17, 15) is 9.59 Å². The fraction of sp³-hybridized carbons (Fsp3) is 0.429. The zero-order valence-corrected chi connectivity index (χ0v) is 11.0. The highest BCUT2D eigenvalue weighted by atomic mass is 16.5. The van der Waals surface area contributed by atoms with Crippen molar-refractivity contribution in [3.63, 3.8) is 0 Å². The Morgan fingerprint density at radius 2 is 2.00 bits per heavy atom. The Morgan fingerprint density at radius 1 is 1.28 bits per heavy atom. The number of hydrogen-bond acceptors (Lipinski definition) is 4. The van der Waals surface area contributed by atoms with Crippen molar-refractivity contribution in [1.29, 1.82) is 0 Å². The van der Waals surface area contributed by atoms with Crippen molar-refractivity contribution in [2.45, 2.75) is 26.2 Å². The van der Waals surface area contributed by atoms with E-state index >= 15 is 0 Å². The van der Waals surface area contributed by atoms with Crippen LogP contribution in [0.15, 0.2) is 12.1 Å². The molecule has 0 aliphatic carbocycles. The number of methoxy groups -OCH3 is 2. The summed E-state index contributed by atoms with van der Waals surface area (Å²) in [7, 11) is 2.97. The van der Waals surface area contributed by atoms with E-state index < -0.39 is 0 Å². The number of benzene rings is 1. The van der Waals surface area contributed by atoms with E-state index in [-0.39, 0.29) is 5.78 Å². The minimum Gasteiger partial charge on any atom is -0.497 e. The number of carbonyl (C=O) groups excluding carboxylic acids is 2. The molecule has 0 unspecified atom stereocenters. The van der Waals surface area contributed by atoms with Crippen LogP contribution >= 0.6 is 0 Å². The maximum Gasteiger partial charge on any atom is 0.163 e. The summed E-state index contributed by atoms with van der Waals surface area (Å²) in [5.41, 5.74) is 0.661. The minimum absolute atomic E-state index is 0.0591. The predicted octanol–water partition coefficient (Wildman–Crippen LogP) is 2.89. The fourth-order valence-corrected chi connectivity index (χ4v) is 1.71. The summed E-state index contributed by atoms with van der Waals surface area (Å²) in [5.74, 6) is 0.817. The summed E-state index contributed by atoms with van der Waals surface area (Å²) in [6.45, 7) is 2.01. The molecule has 0 radical (unpaired) electrons. The lowest BCUT2D eigenvalue weighted by atomic mass is 9.99. The van der Waals surface area contributed by atoms with Gasteiger partial charge in [-0.05, 0) is 12.5 Å². The second kappa shape index (κ2) is 6.79. The van der Waals surface area contributed by atoms with Gasteiger partial charge >= 0.3 is 0 Å². The minimum atomic E-state index is -0.0591. The summed E-state index contributed by atoms with van der Waals surface area (Å²) in [6, 6.07) is 3.19. The van der Waals surface area contributed by atoms with Crippen LogP contribution in [0.4, 0.5) is 0 Å². The smallest absolute Gasteiger partial charge is 0.163 e. The number of ketones is 1. The third-order valence-electron chi connectivity index (χ3n) is 2.75. The number of aldehydes is 1. The Bertz CT molecular complexity index is 438. The van der Waals surface area contributed by atoms with Gasteiger partial charge in [0.1, 0.15) is 11.5 Å². The number of hydrogen-bond donors (Lipinski definition) is 0. The first kappa shape index (κ1) is 14.2. The van der Waals surface area contributed by atoms with Gasteiger partial charge in [-0.15, -0.1) is 0 Å². The lowest BCUT2D eigenvalue weighted by Crippen LogP contribution is -2.06. The van der Waals surface area contributed by atoms with Crippen LogP contribution in [0.1, 0.15) is 46.9 Å².